The first-order valence-electron chi connectivity index (χ1n) is 19.8. The highest BCUT2D eigenvalue weighted by molar-refractivity contribution is 7.80. The van der Waals surface area contributed by atoms with Crippen LogP contribution >= 0.6 is 0 Å². The van der Waals surface area contributed by atoms with Crippen molar-refractivity contribution in [2.75, 3.05) is 26.4 Å². The number of aliphatic hydroxyl groups excluding tert-OH is 3. The molecule has 1 aliphatic rings. The van der Waals surface area contributed by atoms with Crippen molar-refractivity contribution in [3.05, 3.63) is 0 Å². The molecule has 0 aliphatic carbocycles. The van der Waals surface area contributed by atoms with Crippen molar-refractivity contribution in [1.29, 1.82) is 0 Å². The average Bonchev–Trinajstić information content (AvgIpc) is 3.08. The highest BCUT2D eigenvalue weighted by atomic mass is 32.3. The molecule has 0 bridgehead atoms. The van der Waals surface area contributed by atoms with Crippen LogP contribution in [0.5, 0.6) is 0 Å². The number of ether oxygens (including phenoxy) is 4. The van der Waals surface area contributed by atoms with E-state index in [1.807, 2.05) is 0 Å². The van der Waals surface area contributed by atoms with Crippen molar-refractivity contribution in [1.82, 2.24) is 0 Å². The maximum absolute atomic E-state index is 12.7. The third kappa shape index (κ3) is 24.4. The number of carbonyl (C=O) groups excluding carboxylic acids is 1. The summed E-state index contributed by atoms with van der Waals surface area (Å²) < 4.78 is 58.7. The van der Waals surface area contributed by atoms with Crippen LogP contribution in [0.25, 0.3) is 0 Å². The van der Waals surface area contributed by atoms with Crippen LogP contribution in [-0.2, 0) is 38.3 Å². The Morgan fingerprint density at radius 3 is 1.60 bits per heavy atom. The van der Waals surface area contributed by atoms with E-state index in [9.17, 15) is 28.5 Å². The molecule has 13 heteroatoms. The van der Waals surface area contributed by atoms with Gasteiger partial charge in [-0.2, -0.15) is 8.42 Å². The fourth-order valence-electron chi connectivity index (χ4n) is 6.20. The molecule has 0 aromatic rings. The van der Waals surface area contributed by atoms with Crippen molar-refractivity contribution in [3.8, 4) is 0 Å². The summed E-state index contributed by atoms with van der Waals surface area (Å²) in [6.45, 7) is 3.96. The molecule has 50 heavy (non-hydrogen) atoms. The van der Waals surface area contributed by atoms with Crippen LogP contribution in [0.1, 0.15) is 168 Å². The van der Waals surface area contributed by atoms with Gasteiger partial charge in [0.05, 0.1) is 19.8 Å². The van der Waals surface area contributed by atoms with E-state index in [-0.39, 0.29) is 19.6 Å². The van der Waals surface area contributed by atoms with E-state index in [0.29, 0.717) is 13.0 Å². The minimum absolute atomic E-state index is 0.0426. The molecule has 0 amide bonds. The predicted molar refractivity (Wildman–Crippen MR) is 193 cm³/mol. The molecular formula is C37H72O12S. The summed E-state index contributed by atoms with van der Waals surface area (Å²) in [6, 6.07) is 0. The molecule has 1 aliphatic heterocycles. The zero-order valence-electron chi connectivity index (χ0n) is 31.2. The van der Waals surface area contributed by atoms with Gasteiger partial charge < -0.3 is 34.3 Å². The summed E-state index contributed by atoms with van der Waals surface area (Å²) in [5.41, 5.74) is 0. The van der Waals surface area contributed by atoms with Gasteiger partial charge in [0.1, 0.15) is 30.5 Å². The molecular weight excluding hydrogens is 668 g/mol. The summed E-state index contributed by atoms with van der Waals surface area (Å²) >= 11 is 0. The van der Waals surface area contributed by atoms with Crippen molar-refractivity contribution < 1.29 is 56.2 Å². The van der Waals surface area contributed by atoms with Crippen LogP contribution in [0.2, 0.25) is 0 Å². The minimum Gasteiger partial charge on any atom is -0.457 e. The van der Waals surface area contributed by atoms with Gasteiger partial charge in [-0.1, -0.05) is 149 Å². The first-order valence-corrected chi connectivity index (χ1v) is 21.2. The monoisotopic (exact) mass is 740 g/mol. The predicted octanol–water partition coefficient (Wildman–Crippen LogP) is 6.96. The van der Waals surface area contributed by atoms with Crippen LogP contribution in [0, 0.1) is 0 Å². The number of hydrogen-bond donors (Lipinski definition) is 4. The standard InChI is InChI=1S/C37H72O12S/c1-3-5-7-9-11-13-14-15-16-17-18-19-20-22-24-26-33(39)47-31(29-45-27-25-23-21-12-10-8-6-4-2)30-46-37-35(41)36(49-50(42,43)44)34(40)32(28-38)48-37/h31-32,34-38,40-41H,3-30H2,1-2H3,(H,42,43,44). The molecule has 298 valence electrons. The second-order valence-corrected chi connectivity index (χ2v) is 14.9. The molecule has 0 aromatic carbocycles. The van der Waals surface area contributed by atoms with Crippen LogP contribution in [-0.4, -0.2) is 97.5 Å². The zero-order chi connectivity index (χ0) is 36.9. The van der Waals surface area contributed by atoms with E-state index >= 15 is 0 Å². The van der Waals surface area contributed by atoms with E-state index in [4.69, 9.17) is 23.5 Å². The number of hydrogen-bond acceptors (Lipinski definition) is 11. The maximum atomic E-state index is 12.7. The van der Waals surface area contributed by atoms with Gasteiger partial charge in [-0.3, -0.25) is 9.35 Å². The lowest BCUT2D eigenvalue weighted by Gasteiger charge is -2.41. The Kier molecular flexibility index (Phi) is 28.8. The molecule has 0 saturated carbocycles. The Bertz CT molecular complexity index is 905. The third-order valence-electron chi connectivity index (χ3n) is 9.23. The van der Waals surface area contributed by atoms with E-state index in [0.717, 1.165) is 38.5 Å². The molecule has 1 fully saturated rings. The van der Waals surface area contributed by atoms with Crippen LogP contribution in [0.3, 0.4) is 0 Å². The quantitative estimate of drug-likeness (QED) is 0.0303. The summed E-state index contributed by atoms with van der Waals surface area (Å²) in [5.74, 6) is -0.398. The Balaban J connectivity index is 2.45. The number of carbonyl (C=O) groups is 1. The molecule has 0 aromatic heterocycles. The highest BCUT2D eigenvalue weighted by Gasteiger charge is 2.48. The molecule has 0 radical (unpaired) electrons. The van der Waals surface area contributed by atoms with Gasteiger partial charge in [0.2, 0.25) is 0 Å². The number of esters is 1. The number of rotatable bonds is 34. The second-order valence-electron chi connectivity index (χ2n) is 13.9. The first-order chi connectivity index (χ1) is 24.1. The van der Waals surface area contributed by atoms with Crippen LogP contribution in [0.4, 0.5) is 0 Å². The molecule has 1 heterocycles. The average molecular weight is 741 g/mol. The molecule has 1 rings (SSSR count). The summed E-state index contributed by atoms with van der Waals surface area (Å²) in [6.07, 6.45) is 18.7. The fraction of sp³-hybridized carbons (Fsp3) is 0.973. The molecule has 1 saturated heterocycles. The number of unbranched alkanes of at least 4 members (excludes halogenated alkanes) is 21. The topological polar surface area (TPSA) is 178 Å². The highest BCUT2D eigenvalue weighted by Crippen LogP contribution is 2.26. The van der Waals surface area contributed by atoms with Gasteiger partial charge >= 0.3 is 16.4 Å². The number of aliphatic hydroxyl groups is 3. The smallest absolute Gasteiger partial charge is 0.397 e. The van der Waals surface area contributed by atoms with E-state index in [2.05, 4.69) is 18.0 Å². The second kappa shape index (κ2) is 30.6. The Morgan fingerprint density at radius 1 is 0.680 bits per heavy atom. The fourth-order valence-corrected chi connectivity index (χ4v) is 6.71. The van der Waals surface area contributed by atoms with E-state index in [1.54, 1.807) is 0 Å². The Hall–Kier alpha value is -0.900. The largest absolute Gasteiger partial charge is 0.457 e. The zero-order valence-corrected chi connectivity index (χ0v) is 32.0. The lowest BCUT2D eigenvalue weighted by Crippen LogP contribution is -2.60. The van der Waals surface area contributed by atoms with Crippen LogP contribution < -0.4 is 0 Å². The van der Waals surface area contributed by atoms with Gasteiger partial charge in [-0.05, 0) is 12.8 Å². The lowest BCUT2D eigenvalue weighted by atomic mass is 9.99. The van der Waals surface area contributed by atoms with Crippen molar-refractivity contribution in [2.45, 2.75) is 205 Å². The van der Waals surface area contributed by atoms with Gasteiger partial charge in [0, 0.05) is 13.0 Å². The first kappa shape index (κ1) is 47.1. The van der Waals surface area contributed by atoms with E-state index in [1.165, 1.54) is 103 Å². The molecule has 6 atom stereocenters. The normalized spacial score (nSPS) is 21.8. The third-order valence-corrected chi connectivity index (χ3v) is 9.69. The van der Waals surface area contributed by atoms with Gasteiger partial charge in [0.15, 0.2) is 6.29 Å². The summed E-state index contributed by atoms with van der Waals surface area (Å²) in [5, 5.41) is 30.5. The maximum Gasteiger partial charge on any atom is 0.397 e. The lowest BCUT2D eigenvalue weighted by molar-refractivity contribution is -0.301. The summed E-state index contributed by atoms with van der Waals surface area (Å²) in [4.78, 5) is 12.7. The van der Waals surface area contributed by atoms with Crippen molar-refractivity contribution in [3.63, 3.8) is 0 Å². The molecule has 6 unspecified atom stereocenters. The van der Waals surface area contributed by atoms with Crippen molar-refractivity contribution >= 4 is 16.4 Å². The van der Waals surface area contributed by atoms with Crippen LogP contribution in [0.15, 0.2) is 0 Å². The van der Waals surface area contributed by atoms with Crippen molar-refractivity contribution in [2.24, 2.45) is 0 Å². The molecule has 12 nitrogen and oxygen atoms in total. The SMILES string of the molecule is CCCCCCCCCCCCCCCCCC(=O)OC(COCCCCCCCCCC)COC1OC(CO)C(O)C(OS(=O)(=O)O)C1O. The van der Waals surface area contributed by atoms with E-state index < -0.39 is 59.8 Å². The molecule has 4 N–H and O–H groups in total. The molecule has 0 spiro atoms. The Labute approximate surface area is 303 Å². The minimum atomic E-state index is -5.05. The summed E-state index contributed by atoms with van der Waals surface area (Å²) in [7, 11) is -5.05. The van der Waals surface area contributed by atoms with Gasteiger partial charge in [-0.15, -0.1) is 0 Å². The van der Waals surface area contributed by atoms with Gasteiger partial charge in [-0.25, -0.2) is 4.18 Å². The van der Waals surface area contributed by atoms with Gasteiger partial charge in [0.25, 0.3) is 0 Å². The Morgan fingerprint density at radius 2 is 1.14 bits per heavy atom.